The molecule has 0 spiro atoms. The molecule has 0 saturated heterocycles. The van der Waals surface area contributed by atoms with E-state index in [9.17, 15) is 4.79 Å². The molecule has 1 saturated carbocycles. The summed E-state index contributed by atoms with van der Waals surface area (Å²) in [6, 6.07) is 5.24. The van der Waals surface area contributed by atoms with E-state index in [1.54, 1.807) is 18.3 Å². The average Bonchev–Trinajstić information content (AvgIpc) is 3.15. The number of halogens is 2. The molecule has 1 amide bonds. The molecule has 1 N–H and O–H groups in total. The second kappa shape index (κ2) is 5.72. The Morgan fingerprint density at radius 3 is 2.90 bits per heavy atom. The second-order valence-corrected chi connectivity index (χ2v) is 6.66. The third-order valence-electron chi connectivity index (χ3n) is 3.13. The molecule has 1 fully saturated rings. The molecular weight excluding hydrogens is 315 g/mol. The zero-order valence-corrected chi connectivity index (χ0v) is 12.9. The van der Waals surface area contributed by atoms with Crippen molar-refractivity contribution in [2.24, 2.45) is 0 Å². The molecular formula is C14H12Cl2N2OS. The number of nitrogens with one attached hydrogen (secondary N) is 1. The van der Waals surface area contributed by atoms with Crippen molar-refractivity contribution in [3.8, 4) is 0 Å². The zero-order valence-electron chi connectivity index (χ0n) is 10.5. The zero-order chi connectivity index (χ0) is 14.1. The van der Waals surface area contributed by atoms with Crippen LogP contribution in [0.3, 0.4) is 0 Å². The highest BCUT2D eigenvalue weighted by molar-refractivity contribution is 7.13. The topological polar surface area (TPSA) is 42.0 Å². The van der Waals surface area contributed by atoms with Crippen LogP contribution in [0.15, 0.2) is 24.4 Å². The molecule has 2 aromatic rings. The number of amides is 1. The fourth-order valence-electron chi connectivity index (χ4n) is 1.84. The minimum Gasteiger partial charge on any atom is -0.347 e. The molecule has 0 aliphatic heterocycles. The van der Waals surface area contributed by atoms with Gasteiger partial charge in [-0.15, -0.1) is 11.3 Å². The van der Waals surface area contributed by atoms with E-state index in [0.29, 0.717) is 27.4 Å². The molecule has 1 aliphatic carbocycles. The smallest absolute Gasteiger partial charge is 0.263 e. The van der Waals surface area contributed by atoms with Crippen LogP contribution >= 0.6 is 34.5 Å². The maximum atomic E-state index is 12.0. The molecule has 0 atom stereocenters. The highest BCUT2D eigenvalue weighted by Crippen LogP contribution is 2.41. The quantitative estimate of drug-likeness (QED) is 0.912. The van der Waals surface area contributed by atoms with Crippen molar-refractivity contribution in [1.29, 1.82) is 0 Å². The van der Waals surface area contributed by atoms with E-state index in [1.165, 1.54) is 24.2 Å². The van der Waals surface area contributed by atoms with Crippen LogP contribution in [0.2, 0.25) is 10.0 Å². The number of aromatic nitrogens is 1. The molecule has 104 valence electrons. The summed E-state index contributed by atoms with van der Waals surface area (Å²) in [5.41, 5.74) is 0.844. The van der Waals surface area contributed by atoms with E-state index < -0.39 is 0 Å². The first-order valence-corrected chi connectivity index (χ1v) is 7.88. The van der Waals surface area contributed by atoms with E-state index in [1.807, 2.05) is 6.07 Å². The number of nitrogens with zero attached hydrogens (tertiary/aromatic N) is 1. The van der Waals surface area contributed by atoms with Gasteiger partial charge >= 0.3 is 0 Å². The van der Waals surface area contributed by atoms with Crippen LogP contribution in [-0.4, -0.2) is 10.9 Å². The summed E-state index contributed by atoms with van der Waals surface area (Å²) in [6.45, 7) is 0.380. The van der Waals surface area contributed by atoms with Gasteiger partial charge in [-0.1, -0.05) is 29.3 Å². The van der Waals surface area contributed by atoms with Gasteiger partial charge < -0.3 is 5.32 Å². The van der Waals surface area contributed by atoms with Gasteiger partial charge in [0.1, 0.15) is 4.88 Å². The summed E-state index contributed by atoms with van der Waals surface area (Å²) in [5.74, 6) is 0.465. The Kier molecular flexibility index (Phi) is 3.96. The average molecular weight is 327 g/mol. The summed E-state index contributed by atoms with van der Waals surface area (Å²) in [4.78, 5) is 17.0. The van der Waals surface area contributed by atoms with Crippen LogP contribution in [0.25, 0.3) is 0 Å². The minimum absolute atomic E-state index is 0.111. The van der Waals surface area contributed by atoms with Crippen LogP contribution in [0.5, 0.6) is 0 Å². The summed E-state index contributed by atoms with van der Waals surface area (Å²) in [5, 5.41) is 5.06. The lowest BCUT2D eigenvalue weighted by atomic mass is 10.2. The van der Waals surface area contributed by atoms with Crippen LogP contribution < -0.4 is 5.32 Å². The summed E-state index contributed by atoms with van der Waals surface area (Å²) in [7, 11) is 0. The predicted octanol–water partition coefficient (Wildman–Crippen LogP) is 4.26. The summed E-state index contributed by atoms with van der Waals surface area (Å²) >= 11 is 13.4. The van der Waals surface area contributed by atoms with Crippen LogP contribution in [-0.2, 0) is 6.54 Å². The number of benzene rings is 1. The van der Waals surface area contributed by atoms with Gasteiger partial charge in [-0.05, 0) is 30.5 Å². The standard InChI is InChI=1S/C14H12Cl2N2OS/c15-10-4-3-9(11(16)5-10)6-17-13(19)12-7-18-14(20-12)8-1-2-8/h3-5,7-8H,1-2,6H2,(H,17,19). The predicted molar refractivity (Wildman–Crippen MR) is 81.7 cm³/mol. The van der Waals surface area contributed by atoms with Crippen LogP contribution in [0, 0.1) is 0 Å². The molecule has 1 aromatic heterocycles. The molecule has 3 nitrogen and oxygen atoms in total. The van der Waals surface area contributed by atoms with Crippen molar-refractivity contribution < 1.29 is 4.79 Å². The third-order valence-corrected chi connectivity index (χ3v) is 4.87. The van der Waals surface area contributed by atoms with Gasteiger partial charge in [-0.3, -0.25) is 4.79 Å². The number of rotatable bonds is 4. The minimum atomic E-state index is -0.111. The number of carbonyl (C=O) groups excluding carboxylic acids is 1. The lowest BCUT2D eigenvalue weighted by Gasteiger charge is -2.06. The normalized spacial score (nSPS) is 14.3. The molecule has 1 aliphatic rings. The first-order valence-electron chi connectivity index (χ1n) is 6.31. The van der Waals surface area contributed by atoms with Gasteiger partial charge in [0, 0.05) is 22.5 Å². The molecule has 0 bridgehead atoms. The lowest BCUT2D eigenvalue weighted by molar-refractivity contribution is 0.0955. The van der Waals surface area contributed by atoms with E-state index in [0.717, 1.165) is 10.6 Å². The monoisotopic (exact) mass is 326 g/mol. The molecule has 1 aromatic carbocycles. The molecule has 0 radical (unpaired) electrons. The van der Waals surface area contributed by atoms with Crippen molar-refractivity contribution in [1.82, 2.24) is 10.3 Å². The van der Waals surface area contributed by atoms with Crippen molar-refractivity contribution in [3.05, 3.63) is 49.9 Å². The summed E-state index contributed by atoms with van der Waals surface area (Å²) in [6.07, 6.45) is 4.03. The Labute approximate surface area is 130 Å². The van der Waals surface area contributed by atoms with Gasteiger partial charge in [0.05, 0.1) is 11.2 Å². The first-order chi connectivity index (χ1) is 9.63. The fraction of sp³-hybridized carbons (Fsp3) is 0.286. The molecule has 1 heterocycles. The van der Waals surface area contributed by atoms with Gasteiger partial charge in [0.25, 0.3) is 5.91 Å². The van der Waals surface area contributed by atoms with E-state index in [2.05, 4.69) is 10.3 Å². The Balaban J connectivity index is 1.63. The first kappa shape index (κ1) is 13.9. The van der Waals surface area contributed by atoms with Crippen molar-refractivity contribution in [2.75, 3.05) is 0 Å². The molecule has 6 heteroatoms. The second-order valence-electron chi connectivity index (χ2n) is 4.76. The number of hydrogen-bond donors (Lipinski definition) is 1. The molecule has 20 heavy (non-hydrogen) atoms. The summed E-state index contributed by atoms with van der Waals surface area (Å²) < 4.78 is 0. The largest absolute Gasteiger partial charge is 0.347 e. The highest BCUT2D eigenvalue weighted by Gasteiger charge is 2.27. The SMILES string of the molecule is O=C(NCc1ccc(Cl)cc1Cl)c1cnc(C2CC2)s1. The Morgan fingerprint density at radius 1 is 1.40 bits per heavy atom. The van der Waals surface area contributed by atoms with Gasteiger partial charge in [0.2, 0.25) is 0 Å². The van der Waals surface area contributed by atoms with E-state index >= 15 is 0 Å². The fourth-order valence-corrected chi connectivity index (χ4v) is 3.32. The van der Waals surface area contributed by atoms with E-state index in [4.69, 9.17) is 23.2 Å². The molecule has 3 rings (SSSR count). The maximum absolute atomic E-state index is 12.0. The Hall–Kier alpha value is -1.10. The maximum Gasteiger partial charge on any atom is 0.263 e. The Morgan fingerprint density at radius 2 is 2.20 bits per heavy atom. The lowest BCUT2D eigenvalue weighted by Crippen LogP contribution is -2.21. The van der Waals surface area contributed by atoms with E-state index in [-0.39, 0.29) is 5.91 Å². The number of carbonyl (C=O) groups is 1. The van der Waals surface area contributed by atoms with Gasteiger partial charge in [0.15, 0.2) is 0 Å². The molecule has 0 unspecified atom stereocenters. The van der Waals surface area contributed by atoms with Crippen molar-refractivity contribution in [3.63, 3.8) is 0 Å². The van der Waals surface area contributed by atoms with Crippen LogP contribution in [0.1, 0.15) is 39.0 Å². The third kappa shape index (κ3) is 3.14. The Bertz CT molecular complexity index is 652. The number of thiazole rings is 1. The number of hydrogen-bond acceptors (Lipinski definition) is 3. The van der Waals surface area contributed by atoms with Crippen molar-refractivity contribution >= 4 is 40.4 Å². The van der Waals surface area contributed by atoms with Gasteiger partial charge in [-0.2, -0.15) is 0 Å². The van der Waals surface area contributed by atoms with Crippen LogP contribution in [0.4, 0.5) is 0 Å². The van der Waals surface area contributed by atoms with Gasteiger partial charge in [-0.25, -0.2) is 4.98 Å². The van der Waals surface area contributed by atoms with Crippen molar-refractivity contribution in [2.45, 2.75) is 25.3 Å². The highest BCUT2D eigenvalue weighted by atomic mass is 35.5.